The molecule has 8 rings (SSSR count). The Morgan fingerprint density at radius 2 is 1.87 bits per heavy atom. The van der Waals surface area contributed by atoms with Gasteiger partial charge in [-0.05, 0) is 56.3 Å². The largest absolute Gasteiger partial charge is 0.389 e. The number of carbonyl (C=O) groups is 1. The zero-order chi connectivity index (χ0) is 31.0. The molecule has 0 aliphatic carbocycles. The number of thiophene rings is 1. The van der Waals surface area contributed by atoms with Crippen LogP contribution in [-0.2, 0) is 0 Å². The molecule has 5 aromatic rings. The molecule has 2 atom stereocenters. The minimum atomic E-state index is -0.399. The number of carbonyl (C=O) groups excluding carboxylic acids is 1. The lowest BCUT2D eigenvalue weighted by molar-refractivity contribution is 0.160. The molecule has 3 aliphatic rings. The molecule has 3 aliphatic heterocycles. The van der Waals surface area contributed by atoms with Crippen molar-refractivity contribution in [3.63, 3.8) is 0 Å². The first-order chi connectivity index (χ1) is 21.8. The Bertz CT molecular complexity index is 2000. The van der Waals surface area contributed by atoms with Crippen LogP contribution in [-0.4, -0.2) is 99.2 Å². The van der Waals surface area contributed by atoms with Crippen molar-refractivity contribution in [2.24, 2.45) is 0 Å². The summed E-state index contributed by atoms with van der Waals surface area (Å²) in [5.74, 6) is 1.09. The van der Waals surface area contributed by atoms with E-state index >= 15 is 0 Å². The summed E-state index contributed by atoms with van der Waals surface area (Å²) in [5, 5.41) is 19.3. The maximum Gasteiger partial charge on any atom is 0.346 e. The minimum Gasteiger partial charge on any atom is -0.389 e. The molecule has 2 bridgehead atoms. The van der Waals surface area contributed by atoms with Gasteiger partial charge in [-0.3, -0.25) is 0 Å². The summed E-state index contributed by atoms with van der Waals surface area (Å²) in [6.45, 7) is 2.93. The van der Waals surface area contributed by atoms with Crippen LogP contribution in [0.15, 0.2) is 42.7 Å². The molecule has 228 valence electrons. The lowest BCUT2D eigenvalue weighted by Crippen LogP contribution is -2.58. The van der Waals surface area contributed by atoms with Gasteiger partial charge >= 0.3 is 6.03 Å². The van der Waals surface area contributed by atoms with Crippen LogP contribution < -0.4 is 15.5 Å². The van der Waals surface area contributed by atoms with Gasteiger partial charge < -0.3 is 25.3 Å². The minimum absolute atomic E-state index is 0.0243. The number of hydrogen-bond donors (Lipinski definition) is 1. The molecule has 2 unspecified atom stereocenters. The topological polar surface area (TPSA) is 136 Å². The first-order valence-electron chi connectivity index (χ1n) is 14.9. The molecule has 3 aromatic heterocycles. The monoisotopic (exact) mass is 623 g/mol. The van der Waals surface area contributed by atoms with Crippen LogP contribution in [0.4, 0.5) is 26.0 Å². The summed E-state index contributed by atoms with van der Waals surface area (Å²) < 4.78 is 16.5. The fraction of sp³-hybridized carbons (Fsp3) is 0.355. The second-order valence-electron chi connectivity index (χ2n) is 12.2. The van der Waals surface area contributed by atoms with Crippen LogP contribution in [0.1, 0.15) is 18.4 Å². The highest BCUT2D eigenvalue weighted by Crippen LogP contribution is 2.42. The number of nitrogens with two attached hydrogens (primary N) is 1. The number of aromatic nitrogens is 5. The highest BCUT2D eigenvalue weighted by molar-refractivity contribution is 7.23. The van der Waals surface area contributed by atoms with E-state index < -0.39 is 5.82 Å². The van der Waals surface area contributed by atoms with Crippen LogP contribution in [0.3, 0.4) is 0 Å². The molecule has 45 heavy (non-hydrogen) atoms. The van der Waals surface area contributed by atoms with E-state index in [1.54, 1.807) is 12.3 Å². The van der Waals surface area contributed by atoms with Gasteiger partial charge in [-0.1, -0.05) is 17.3 Å². The van der Waals surface area contributed by atoms with E-state index in [-0.39, 0.29) is 23.7 Å². The first kappa shape index (κ1) is 27.7. The van der Waals surface area contributed by atoms with Gasteiger partial charge in [0.05, 0.1) is 40.3 Å². The lowest BCUT2D eigenvalue weighted by Gasteiger charge is -2.44. The quantitative estimate of drug-likeness (QED) is 0.315. The molecule has 0 radical (unpaired) electrons. The number of piperazine rings is 1. The lowest BCUT2D eigenvalue weighted by atomic mass is 9.98. The normalized spacial score (nSPS) is 19.9. The maximum atomic E-state index is 14.8. The van der Waals surface area contributed by atoms with Crippen molar-refractivity contribution >= 4 is 55.1 Å². The van der Waals surface area contributed by atoms with Crippen LogP contribution in [0.5, 0.6) is 0 Å². The van der Waals surface area contributed by atoms with Crippen molar-refractivity contribution in [3.05, 3.63) is 54.1 Å². The fourth-order valence-electron chi connectivity index (χ4n) is 6.95. The average Bonchev–Trinajstić information content (AvgIpc) is 3.72. The standard InChI is InChI=1S/C31H30FN11OS/c1-39(2)20-15-41(16-20)30-36-25-11-17(21-7-8-24(32)27-26(21)23(12-33)28(34)45-27)3-6-22(25)29(37-30)40-13-18-4-5-19(14-40)43(18)31(44)42-10-9-35-38-42/h3,6-11,18-20H,4-5,13-16,34H2,1-2H3. The fourth-order valence-corrected chi connectivity index (χ4v) is 7.90. The predicted octanol–water partition coefficient (Wildman–Crippen LogP) is 3.77. The van der Waals surface area contributed by atoms with Crippen molar-refractivity contribution in [2.75, 3.05) is 55.8 Å². The van der Waals surface area contributed by atoms with Crippen LogP contribution in [0, 0.1) is 17.1 Å². The highest BCUT2D eigenvalue weighted by atomic mass is 32.1. The molecular formula is C31H30FN11OS. The van der Waals surface area contributed by atoms with Crippen molar-refractivity contribution in [2.45, 2.75) is 31.0 Å². The Morgan fingerprint density at radius 1 is 1.09 bits per heavy atom. The second kappa shape index (κ2) is 10.4. The van der Waals surface area contributed by atoms with Gasteiger partial charge in [0, 0.05) is 43.0 Å². The molecule has 12 nitrogen and oxygen atoms in total. The smallest absolute Gasteiger partial charge is 0.346 e. The van der Waals surface area contributed by atoms with Crippen LogP contribution in [0.25, 0.3) is 32.1 Å². The number of amides is 1. The zero-order valence-corrected chi connectivity index (χ0v) is 25.6. The van der Waals surface area contributed by atoms with Gasteiger partial charge in [0.25, 0.3) is 0 Å². The Balaban J connectivity index is 1.21. The zero-order valence-electron chi connectivity index (χ0n) is 24.8. The summed E-state index contributed by atoms with van der Waals surface area (Å²) in [5.41, 5.74) is 8.72. The summed E-state index contributed by atoms with van der Waals surface area (Å²) >= 11 is 1.09. The Kier molecular flexibility index (Phi) is 6.36. The summed E-state index contributed by atoms with van der Waals surface area (Å²) in [6.07, 6.45) is 4.91. The van der Waals surface area contributed by atoms with E-state index in [0.717, 1.165) is 65.1 Å². The Labute approximate surface area is 262 Å². The van der Waals surface area contributed by atoms with Gasteiger partial charge in [0.15, 0.2) is 0 Å². The first-order valence-corrected chi connectivity index (χ1v) is 15.7. The van der Waals surface area contributed by atoms with Crippen LogP contribution >= 0.6 is 11.3 Å². The third kappa shape index (κ3) is 4.37. The molecule has 3 saturated heterocycles. The number of benzene rings is 2. The van der Waals surface area contributed by atoms with E-state index in [9.17, 15) is 14.4 Å². The van der Waals surface area contributed by atoms with E-state index in [4.69, 9.17) is 15.7 Å². The van der Waals surface area contributed by atoms with Gasteiger partial charge in [-0.15, -0.1) is 16.4 Å². The molecule has 0 spiro atoms. The number of rotatable bonds is 4. The maximum absolute atomic E-state index is 14.8. The number of likely N-dealkylation sites (N-methyl/N-ethyl adjacent to an activating group) is 1. The highest BCUT2D eigenvalue weighted by Gasteiger charge is 2.44. The van der Waals surface area contributed by atoms with Gasteiger partial charge in [0.1, 0.15) is 22.7 Å². The van der Waals surface area contributed by atoms with Gasteiger partial charge in [-0.2, -0.15) is 14.9 Å². The molecular weight excluding hydrogens is 593 g/mol. The third-order valence-corrected chi connectivity index (χ3v) is 10.4. The number of halogens is 1. The Hall–Kier alpha value is -4.87. The van der Waals surface area contributed by atoms with Crippen molar-refractivity contribution in [3.8, 4) is 17.2 Å². The molecule has 14 heteroatoms. The molecule has 1 amide bonds. The molecule has 0 saturated carbocycles. The molecule has 3 fully saturated rings. The summed E-state index contributed by atoms with van der Waals surface area (Å²) in [7, 11) is 4.15. The van der Waals surface area contributed by atoms with E-state index in [1.807, 2.05) is 23.1 Å². The predicted molar refractivity (Wildman–Crippen MR) is 171 cm³/mol. The van der Waals surface area contributed by atoms with Crippen molar-refractivity contribution in [1.82, 2.24) is 34.8 Å². The average molecular weight is 624 g/mol. The van der Waals surface area contributed by atoms with E-state index in [1.165, 1.54) is 16.9 Å². The van der Waals surface area contributed by atoms with E-state index in [0.29, 0.717) is 40.2 Å². The molecule has 6 heterocycles. The molecule has 2 N–H and O–H groups in total. The van der Waals surface area contributed by atoms with Crippen molar-refractivity contribution in [1.29, 1.82) is 5.26 Å². The second-order valence-corrected chi connectivity index (χ2v) is 13.2. The van der Waals surface area contributed by atoms with Crippen molar-refractivity contribution < 1.29 is 9.18 Å². The number of anilines is 3. The molecule has 2 aromatic carbocycles. The summed E-state index contributed by atoms with van der Waals surface area (Å²) in [4.78, 5) is 32.1. The number of nitriles is 1. The SMILES string of the molecule is CN(C)C1CN(c2nc(N3CC4CCC(C3)N4C(=O)n3ccnn3)c3ccc(-c4ccc(F)c5sc(N)c(C#N)c45)cc3n2)C1. The van der Waals surface area contributed by atoms with Crippen LogP contribution in [0.2, 0.25) is 0 Å². The number of nitrogens with zero attached hydrogens (tertiary/aromatic N) is 10. The number of nitrogen functional groups attached to an aromatic ring is 1. The van der Waals surface area contributed by atoms with Gasteiger partial charge in [0.2, 0.25) is 5.95 Å². The Morgan fingerprint density at radius 3 is 2.56 bits per heavy atom. The number of fused-ring (bicyclic) bond motifs is 4. The van der Waals surface area contributed by atoms with Gasteiger partial charge in [-0.25, -0.2) is 14.2 Å². The summed E-state index contributed by atoms with van der Waals surface area (Å²) in [6, 6.07) is 11.6. The van der Waals surface area contributed by atoms with E-state index in [2.05, 4.69) is 45.2 Å². The number of hydrogen-bond acceptors (Lipinski definition) is 11. The third-order valence-electron chi connectivity index (χ3n) is 9.40.